The van der Waals surface area contributed by atoms with Gasteiger partial charge in [0.15, 0.2) is 5.76 Å². The van der Waals surface area contributed by atoms with E-state index in [4.69, 9.17) is 4.52 Å². The molecule has 0 fully saturated rings. The van der Waals surface area contributed by atoms with Crippen LogP contribution < -0.4 is 4.72 Å². The predicted octanol–water partition coefficient (Wildman–Crippen LogP) is 3.74. The summed E-state index contributed by atoms with van der Waals surface area (Å²) in [5.41, 5.74) is 2.26. The van der Waals surface area contributed by atoms with Crippen molar-refractivity contribution in [1.29, 1.82) is 0 Å². The fourth-order valence-electron chi connectivity index (χ4n) is 2.58. The van der Waals surface area contributed by atoms with Crippen molar-refractivity contribution in [2.75, 3.05) is 0 Å². The van der Waals surface area contributed by atoms with Gasteiger partial charge in [-0.15, -0.1) is 11.3 Å². The number of nitrogens with zero attached hydrogens (tertiary/aromatic N) is 2. The van der Waals surface area contributed by atoms with Gasteiger partial charge in [0.05, 0.1) is 26.7 Å². The summed E-state index contributed by atoms with van der Waals surface area (Å²) in [5.74, 6) is 0.443. The summed E-state index contributed by atoms with van der Waals surface area (Å²) in [6, 6.07) is 16.2. The maximum atomic E-state index is 12.5. The third-order valence-electron chi connectivity index (χ3n) is 3.84. The Labute approximate surface area is 154 Å². The molecule has 26 heavy (non-hydrogen) atoms. The first-order valence-corrected chi connectivity index (χ1v) is 10.2. The summed E-state index contributed by atoms with van der Waals surface area (Å²) >= 11 is 1.53. The van der Waals surface area contributed by atoms with Gasteiger partial charge >= 0.3 is 0 Å². The Morgan fingerprint density at radius 3 is 2.73 bits per heavy atom. The zero-order valence-electron chi connectivity index (χ0n) is 13.8. The summed E-state index contributed by atoms with van der Waals surface area (Å²) < 4.78 is 33.8. The van der Waals surface area contributed by atoms with Crippen molar-refractivity contribution >= 4 is 31.6 Å². The molecule has 0 aliphatic heterocycles. The SMILES string of the molecule is Cc1nc2cc(S(=O)(=O)NCc3cc(-c4ccccc4)no3)ccc2s1. The summed E-state index contributed by atoms with van der Waals surface area (Å²) in [4.78, 5) is 4.52. The fraction of sp³-hybridized carbons (Fsp3) is 0.111. The first-order chi connectivity index (χ1) is 12.5. The van der Waals surface area contributed by atoms with Crippen molar-refractivity contribution in [2.24, 2.45) is 0 Å². The number of fused-ring (bicyclic) bond motifs is 1. The van der Waals surface area contributed by atoms with Gasteiger partial charge in [0.25, 0.3) is 0 Å². The quantitative estimate of drug-likeness (QED) is 0.566. The van der Waals surface area contributed by atoms with Crippen molar-refractivity contribution in [3.63, 3.8) is 0 Å². The molecular weight excluding hydrogens is 370 g/mol. The molecule has 4 aromatic rings. The van der Waals surface area contributed by atoms with E-state index in [0.29, 0.717) is 17.0 Å². The van der Waals surface area contributed by atoms with Crippen molar-refractivity contribution in [3.8, 4) is 11.3 Å². The van der Waals surface area contributed by atoms with Gasteiger partial charge in [0.2, 0.25) is 10.0 Å². The Morgan fingerprint density at radius 1 is 1.12 bits per heavy atom. The zero-order chi connectivity index (χ0) is 18.1. The van der Waals surface area contributed by atoms with Gasteiger partial charge in [0, 0.05) is 11.6 Å². The second-order valence-corrected chi connectivity index (χ2v) is 8.73. The summed E-state index contributed by atoms with van der Waals surface area (Å²) in [6.45, 7) is 1.92. The maximum absolute atomic E-state index is 12.5. The summed E-state index contributed by atoms with van der Waals surface area (Å²) in [5, 5.41) is 4.89. The molecule has 8 heteroatoms. The number of thiazole rings is 1. The molecule has 0 spiro atoms. The molecule has 0 saturated heterocycles. The molecule has 4 rings (SSSR count). The monoisotopic (exact) mass is 385 g/mol. The van der Waals surface area contributed by atoms with Gasteiger partial charge < -0.3 is 4.52 Å². The Kier molecular flexibility index (Phi) is 4.31. The first-order valence-electron chi connectivity index (χ1n) is 7.89. The molecule has 0 atom stereocenters. The van der Waals surface area contributed by atoms with Crippen LogP contribution in [-0.4, -0.2) is 18.6 Å². The molecule has 0 amide bonds. The normalized spacial score (nSPS) is 11.9. The second-order valence-electron chi connectivity index (χ2n) is 5.73. The third-order valence-corrected chi connectivity index (χ3v) is 6.19. The van der Waals surface area contributed by atoms with Gasteiger partial charge in [-0.05, 0) is 25.1 Å². The minimum absolute atomic E-state index is 0.0241. The van der Waals surface area contributed by atoms with Crippen LogP contribution in [0.3, 0.4) is 0 Å². The minimum atomic E-state index is -3.67. The standard InChI is InChI=1S/C18H15N3O3S2/c1-12-20-17-10-15(7-8-18(17)25-12)26(22,23)19-11-14-9-16(21-24-14)13-5-3-2-4-6-13/h2-10,19H,11H2,1H3. The zero-order valence-corrected chi connectivity index (χ0v) is 15.5. The third kappa shape index (κ3) is 3.39. The Hall–Kier alpha value is -2.55. The van der Waals surface area contributed by atoms with Crippen LogP contribution in [0.25, 0.3) is 21.5 Å². The maximum Gasteiger partial charge on any atom is 0.241 e. The van der Waals surface area contributed by atoms with Crippen molar-refractivity contribution < 1.29 is 12.9 Å². The molecule has 0 unspecified atom stereocenters. The average Bonchev–Trinajstić information content (AvgIpc) is 3.25. The van der Waals surface area contributed by atoms with Crippen LogP contribution in [-0.2, 0) is 16.6 Å². The van der Waals surface area contributed by atoms with E-state index in [1.54, 1.807) is 24.3 Å². The van der Waals surface area contributed by atoms with Crippen LogP contribution in [0.2, 0.25) is 0 Å². The summed E-state index contributed by atoms with van der Waals surface area (Å²) in [7, 11) is -3.67. The van der Waals surface area contributed by atoms with Gasteiger partial charge in [0.1, 0.15) is 5.69 Å². The van der Waals surface area contributed by atoms with Gasteiger partial charge in [-0.3, -0.25) is 0 Å². The lowest BCUT2D eigenvalue weighted by atomic mass is 10.1. The van der Waals surface area contributed by atoms with Crippen LogP contribution in [0.4, 0.5) is 0 Å². The van der Waals surface area contributed by atoms with Crippen LogP contribution in [0, 0.1) is 6.92 Å². The second kappa shape index (κ2) is 6.64. The van der Waals surface area contributed by atoms with E-state index in [2.05, 4.69) is 14.9 Å². The van der Waals surface area contributed by atoms with E-state index in [1.165, 1.54) is 11.3 Å². The highest BCUT2D eigenvalue weighted by Gasteiger charge is 2.17. The molecule has 0 aliphatic rings. The van der Waals surface area contributed by atoms with E-state index in [-0.39, 0.29) is 11.4 Å². The van der Waals surface area contributed by atoms with Gasteiger partial charge in [-0.2, -0.15) is 0 Å². The predicted molar refractivity (Wildman–Crippen MR) is 100 cm³/mol. The molecule has 6 nitrogen and oxygen atoms in total. The minimum Gasteiger partial charge on any atom is -0.359 e. The number of rotatable bonds is 5. The molecule has 1 N–H and O–H groups in total. The van der Waals surface area contributed by atoms with Crippen LogP contribution in [0.15, 0.2) is 64.0 Å². The number of benzene rings is 2. The number of hydrogen-bond acceptors (Lipinski definition) is 6. The van der Waals surface area contributed by atoms with Crippen LogP contribution in [0.1, 0.15) is 10.8 Å². The Morgan fingerprint density at radius 2 is 1.92 bits per heavy atom. The van der Waals surface area contributed by atoms with Gasteiger partial charge in [-0.1, -0.05) is 35.5 Å². The fourth-order valence-corrected chi connectivity index (χ4v) is 4.40. The molecule has 2 heterocycles. The topological polar surface area (TPSA) is 85.1 Å². The largest absolute Gasteiger partial charge is 0.359 e. The smallest absolute Gasteiger partial charge is 0.241 e. The van der Waals surface area contributed by atoms with E-state index >= 15 is 0 Å². The first kappa shape index (κ1) is 16.9. The van der Waals surface area contributed by atoms with E-state index < -0.39 is 10.0 Å². The van der Waals surface area contributed by atoms with Gasteiger partial charge in [-0.25, -0.2) is 18.1 Å². The molecule has 132 valence electrons. The van der Waals surface area contributed by atoms with Crippen LogP contribution in [0.5, 0.6) is 0 Å². The van der Waals surface area contributed by atoms with E-state index in [1.807, 2.05) is 37.3 Å². The molecule has 0 radical (unpaired) electrons. The lowest BCUT2D eigenvalue weighted by Crippen LogP contribution is -2.22. The molecule has 0 aliphatic carbocycles. The molecule has 0 saturated carbocycles. The Balaban J connectivity index is 1.52. The van der Waals surface area contributed by atoms with Crippen molar-refractivity contribution in [1.82, 2.24) is 14.9 Å². The van der Waals surface area contributed by atoms with Crippen LogP contribution >= 0.6 is 11.3 Å². The van der Waals surface area contributed by atoms with Crippen molar-refractivity contribution in [2.45, 2.75) is 18.4 Å². The number of aryl methyl sites for hydroxylation is 1. The Bertz CT molecular complexity index is 1160. The highest BCUT2D eigenvalue weighted by molar-refractivity contribution is 7.89. The number of nitrogens with one attached hydrogen (secondary N) is 1. The summed E-state index contributed by atoms with van der Waals surface area (Å²) in [6.07, 6.45) is 0. The van der Waals surface area contributed by atoms with E-state index in [9.17, 15) is 8.42 Å². The van der Waals surface area contributed by atoms with E-state index in [0.717, 1.165) is 15.3 Å². The van der Waals surface area contributed by atoms with Crippen molar-refractivity contribution in [3.05, 3.63) is 65.4 Å². The molecule has 2 aromatic carbocycles. The number of aromatic nitrogens is 2. The molecule has 0 bridgehead atoms. The highest BCUT2D eigenvalue weighted by atomic mass is 32.2. The lowest BCUT2D eigenvalue weighted by Gasteiger charge is -2.04. The number of sulfonamides is 1. The highest BCUT2D eigenvalue weighted by Crippen LogP contribution is 2.24. The number of hydrogen-bond donors (Lipinski definition) is 1. The molecular formula is C18H15N3O3S2. The molecule has 2 aromatic heterocycles. The average molecular weight is 385 g/mol. The lowest BCUT2D eigenvalue weighted by molar-refractivity contribution is 0.382.